The number of rotatable bonds is 5. The Hall–Kier alpha value is -2.29. The van der Waals surface area contributed by atoms with Crippen molar-refractivity contribution in [1.29, 1.82) is 0 Å². The summed E-state index contributed by atoms with van der Waals surface area (Å²) >= 11 is 1.52. The molecular formula is C18H19N3O3S2. The third-order valence-corrected chi connectivity index (χ3v) is 6.76. The number of thiazole rings is 1. The largest absolute Gasteiger partial charge is 0.346 e. The number of fused-ring (bicyclic) bond motifs is 1. The third kappa shape index (κ3) is 3.62. The van der Waals surface area contributed by atoms with Crippen LogP contribution in [0.2, 0.25) is 0 Å². The van der Waals surface area contributed by atoms with Crippen LogP contribution in [0, 0.1) is 13.8 Å². The van der Waals surface area contributed by atoms with Gasteiger partial charge in [-0.3, -0.25) is 4.79 Å². The molecule has 2 aromatic carbocycles. The molecule has 26 heavy (non-hydrogen) atoms. The van der Waals surface area contributed by atoms with Crippen molar-refractivity contribution in [3.8, 4) is 0 Å². The molecule has 2 N–H and O–H groups in total. The molecule has 1 heterocycles. The zero-order valence-electron chi connectivity index (χ0n) is 14.7. The van der Waals surface area contributed by atoms with E-state index < -0.39 is 10.0 Å². The van der Waals surface area contributed by atoms with Crippen LogP contribution in [0.15, 0.2) is 41.3 Å². The number of sulfonamides is 1. The predicted octanol–water partition coefficient (Wildman–Crippen LogP) is 2.75. The fourth-order valence-electron chi connectivity index (χ4n) is 2.60. The Kier molecular flexibility index (Phi) is 5.08. The lowest BCUT2D eigenvalue weighted by atomic mass is 10.1. The van der Waals surface area contributed by atoms with Gasteiger partial charge < -0.3 is 5.32 Å². The van der Waals surface area contributed by atoms with E-state index in [9.17, 15) is 13.2 Å². The Morgan fingerprint density at radius 2 is 1.92 bits per heavy atom. The molecular weight excluding hydrogens is 370 g/mol. The maximum absolute atomic E-state index is 12.5. The van der Waals surface area contributed by atoms with Gasteiger partial charge in [0.25, 0.3) is 5.91 Å². The molecule has 8 heteroatoms. The van der Waals surface area contributed by atoms with E-state index in [4.69, 9.17) is 0 Å². The van der Waals surface area contributed by atoms with E-state index in [0.717, 1.165) is 20.8 Å². The second-order valence-corrected chi connectivity index (χ2v) is 8.85. The van der Waals surface area contributed by atoms with Crippen molar-refractivity contribution in [3.05, 3.63) is 58.1 Å². The number of amides is 1. The summed E-state index contributed by atoms with van der Waals surface area (Å²) in [5.74, 6) is -0.333. The number of para-hydroxylation sites is 1. The van der Waals surface area contributed by atoms with Crippen LogP contribution in [-0.4, -0.2) is 26.4 Å². The predicted molar refractivity (Wildman–Crippen MR) is 103 cm³/mol. The molecule has 0 spiro atoms. The van der Waals surface area contributed by atoms with Crippen molar-refractivity contribution >= 4 is 37.5 Å². The molecule has 3 rings (SSSR count). The minimum absolute atomic E-state index is 0.116. The van der Waals surface area contributed by atoms with Crippen LogP contribution < -0.4 is 10.0 Å². The van der Waals surface area contributed by atoms with Gasteiger partial charge in [0.15, 0.2) is 0 Å². The summed E-state index contributed by atoms with van der Waals surface area (Å²) in [7, 11) is -2.28. The van der Waals surface area contributed by atoms with Crippen molar-refractivity contribution < 1.29 is 13.2 Å². The van der Waals surface area contributed by atoms with Gasteiger partial charge in [-0.15, -0.1) is 11.3 Å². The molecule has 1 aromatic heterocycles. The minimum Gasteiger partial charge on any atom is -0.346 e. The van der Waals surface area contributed by atoms with Crippen LogP contribution in [0.4, 0.5) is 0 Å². The molecule has 0 saturated heterocycles. The van der Waals surface area contributed by atoms with Gasteiger partial charge in [0.1, 0.15) is 5.01 Å². The molecule has 0 aliphatic rings. The molecule has 136 valence electrons. The maximum atomic E-state index is 12.5. The quantitative estimate of drug-likeness (QED) is 0.702. The number of hydrogen-bond acceptors (Lipinski definition) is 5. The number of nitrogens with zero attached hydrogens (tertiary/aromatic N) is 1. The molecule has 1 amide bonds. The third-order valence-electron chi connectivity index (χ3n) is 4.18. The van der Waals surface area contributed by atoms with Gasteiger partial charge in [-0.25, -0.2) is 18.1 Å². The summed E-state index contributed by atoms with van der Waals surface area (Å²) in [6, 6.07) is 10.9. The number of carbonyl (C=O) groups is 1. The number of nitrogens with one attached hydrogen (secondary N) is 2. The van der Waals surface area contributed by atoms with Crippen LogP contribution in [-0.2, 0) is 16.6 Å². The van der Waals surface area contributed by atoms with Gasteiger partial charge >= 0.3 is 0 Å². The van der Waals surface area contributed by atoms with Crippen LogP contribution in [0.1, 0.15) is 26.5 Å². The zero-order valence-corrected chi connectivity index (χ0v) is 16.3. The number of aromatic nitrogens is 1. The van der Waals surface area contributed by atoms with Crippen LogP contribution >= 0.6 is 11.3 Å². The first kappa shape index (κ1) is 18.5. The highest BCUT2D eigenvalue weighted by atomic mass is 32.2. The van der Waals surface area contributed by atoms with Crippen molar-refractivity contribution in [1.82, 2.24) is 15.0 Å². The first-order valence-electron chi connectivity index (χ1n) is 7.99. The average molecular weight is 390 g/mol. The summed E-state index contributed by atoms with van der Waals surface area (Å²) in [6.45, 7) is 3.80. The van der Waals surface area contributed by atoms with E-state index in [-0.39, 0.29) is 10.8 Å². The van der Waals surface area contributed by atoms with Crippen molar-refractivity contribution in [2.75, 3.05) is 7.05 Å². The monoisotopic (exact) mass is 389 g/mol. The van der Waals surface area contributed by atoms with Gasteiger partial charge in [-0.1, -0.05) is 12.1 Å². The highest BCUT2D eigenvalue weighted by Gasteiger charge is 2.19. The van der Waals surface area contributed by atoms with Crippen LogP contribution in [0.3, 0.4) is 0 Å². The molecule has 3 aromatic rings. The van der Waals surface area contributed by atoms with E-state index >= 15 is 0 Å². The van der Waals surface area contributed by atoms with Crippen LogP contribution in [0.25, 0.3) is 10.2 Å². The maximum Gasteiger partial charge on any atom is 0.251 e. The minimum atomic E-state index is -3.63. The lowest BCUT2D eigenvalue weighted by Crippen LogP contribution is -2.25. The van der Waals surface area contributed by atoms with Crippen molar-refractivity contribution in [3.63, 3.8) is 0 Å². The van der Waals surface area contributed by atoms with E-state index in [1.54, 1.807) is 19.9 Å². The molecule has 0 bridgehead atoms. The highest BCUT2D eigenvalue weighted by Crippen LogP contribution is 2.23. The number of hydrogen-bond donors (Lipinski definition) is 2. The first-order chi connectivity index (χ1) is 12.3. The summed E-state index contributed by atoms with van der Waals surface area (Å²) in [6.07, 6.45) is 0. The molecule has 0 fully saturated rings. The molecule has 6 nitrogen and oxygen atoms in total. The molecule has 0 atom stereocenters. The Bertz CT molecular complexity index is 1060. The summed E-state index contributed by atoms with van der Waals surface area (Å²) < 4.78 is 27.7. The number of benzene rings is 2. The molecule has 0 aliphatic carbocycles. The highest BCUT2D eigenvalue weighted by molar-refractivity contribution is 7.89. The zero-order chi connectivity index (χ0) is 18.9. The SMILES string of the molecule is CNS(=O)(=O)c1cc(C(=O)NCc2nc3ccccc3s2)cc(C)c1C. The number of carbonyl (C=O) groups excluding carboxylic acids is 1. The van der Waals surface area contributed by atoms with Crippen molar-refractivity contribution in [2.45, 2.75) is 25.3 Å². The summed E-state index contributed by atoms with van der Waals surface area (Å²) in [4.78, 5) is 17.1. The standard InChI is InChI=1S/C18H19N3O3S2/c1-11-8-13(9-16(12(11)2)26(23,24)19-3)18(22)20-10-17-21-14-6-4-5-7-15(14)25-17/h4-9,19H,10H2,1-3H3,(H,20,22). The van der Waals surface area contributed by atoms with Crippen LogP contribution in [0.5, 0.6) is 0 Å². The summed E-state index contributed by atoms with van der Waals surface area (Å²) in [5, 5.41) is 3.61. The van der Waals surface area contributed by atoms with E-state index in [2.05, 4.69) is 15.0 Å². The molecule has 0 aliphatic heterocycles. The van der Waals surface area contributed by atoms with Crippen molar-refractivity contribution in [2.24, 2.45) is 0 Å². The fraction of sp³-hybridized carbons (Fsp3) is 0.222. The topological polar surface area (TPSA) is 88.2 Å². The second kappa shape index (κ2) is 7.14. The Labute approximate surface area is 156 Å². The fourth-order valence-corrected chi connectivity index (χ4v) is 4.57. The van der Waals surface area contributed by atoms with Gasteiger partial charge in [0.2, 0.25) is 10.0 Å². The summed E-state index contributed by atoms with van der Waals surface area (Å²) in [5.41, 5.74) is 2.58. The second-order valence-electron chi connectivity index (χ2n) is 5.88. The lowest BCUT2D eigenvalue weighted by molar-refractivity contribution is 0.0950. The van der Waals surface area contributed by atoms with E-state index in [1.807, 2.05) is 24.3 Å². The molecule has 0 saturated carbocycles. The van der Waals surface area contributed by atoms with Gasteiger partial charge in [0.05, 0.1) is 21.7 Å². The first-order valence-corrected chi connectivity index (χ1v) is 10.3. The Morgan fingerprint density at radius 1 is 1.19 bits per heavy atom. The average Bonchev–Trinajstić information content (AvgIpc) is 3.04. The van der Waals surface area contributed by atoms with Gasteiger partial charge in [-0.05, 0) is 56.3 Å². The smallest absolute Gasteiger partial charge is 0.251 e. The van der Waals surface area contributed by atoms with Gasteiger partial charge in [0, 0.05) is 5.56 Å². The lowest BCUT2D eigenvalue weighted by Gasteiger charge is -2.12. The molecule has 0 radical (unpaired) electrons. The number of aryl methyl sites for hydroxylation is 1. The van der Waals surface area contributed by atoms with E-state index in [0.29, 0.717) is 17.7 Å². The Morgan fingerprint density at radius 3 is 2.62 bits per heavy atom. The molecule has 0 unspecified atom stereocenters. The Balaban J connectivity index is 1.83. The van der Waals surface area contributed by atoms with Gasteiger partial charge in [-0.2, -0.15) is 0 Å². The van der Waals surface area contributed by atoms with E-state index in [1.165, 1.54) is 24.5 Å². The normalized spacial score (nSPS) is 11.7.